The van der Waals surface area contributed by atoms with Crippen LogP contribution in [0.25, 0.3) is 0 Å². The van der Waals surface area contributed by atoms with Crippen molar-refractivity contribution in [3.05, 3.63) is 24.0 Å². The van der Waals surface area contributed by atoms with Crippen LogP contribution in [0, 0.1) is 0 Å². The molecule has 2 heterocycles. The molecule has 1 aromatic heterocycles. The van der Waals surface area contributed by atoms with E-state index in [2.05, 4.69) is 49.1 Å². The number of aromatic nitrogens is 1. The maximum atomic E-state index is 6.06. The fourth-order valence-electron chi connectivity index (χ4n) is 2.99. The second-order valence-electron chi connectivity index (χ2n) is 6.31. The van der Waals surface area contributed by atoms with Crippen molar-refractivity contribution < 1.29 is 4.74 Å². The Bertz CT molecular complexity index is 397. The van der Waals surface area contributed by atoms with E-state index in [-0.39, 0.29) is 5.60 Å². The molecule has 1 N–H and O–H groups in total. The lowest BCUT2D eigenvalue weighted by Gasteiger charge is -2.19. The van der Waals surface area contributed by atoms with E-state index in [4.69, 9.17) is 4.74 Å². The lowest BCUT2D eigenvalue weighted by Crippen LogP contribution is -2.22. The average Bonchev–Trinajstić information content (AvgIpc) is 2.93. The van der Waals surface area contributed by atoms with Crippen molar-refractivity contribution in [1.29, 1.82) is 0 Å². The lowest BCUT2D eigenvalue weighted by molar-refractivity contribution is -0.0216. The number of hydrogen-bond acceptors (Lipinski definition) is 2. The highest BCUT2D eigenvalue weighted by molar-refractivity contribution is 5.15. The van der Waals surface area contributed by atoms with Gasteiger partial charge in [-0.1, -0.05) is 13.3 Å². The summed E-state index contributed by atoms with van der Waals surface area (Å²) < 4.78 is 8.34. The minimum Gasteiger partial charge on any atom is -0.370 e. The van der Waals surface area contributed by atoms with E-state index < -0.39 is 0 Å². The van der Waals surface area contributed by atoms with E-state index in [1.807, 2.05) is 7.05 Å². The van der Waals surface area contributed by atoms with Crippen LogP contribution >= 0.6 is 0 Å². The Balaban J connectivity index is 1.94. The van der Waals surface area contributed by atoms with Gasteiger partial charge in [0.05, 0.1) is 11.7 Å². The maximum absolute atomic E-state index is 6.06. The minimum absolute atomic E-state index is 0.0658. The first-order chi connectivity index (χ1) is 9.04. The molecule has 108 valence electrons. The highest BCUT2D eigenvalue weighted by atomic mass is 16.5. The molecule has 1 fully saturated rings. The van der Waals surface area contributed by atoms with Gasteiger partial charge in [-0.25, -0.2) is 0 Å². The molecule has 0 spiro atoms. The van der Waals surface area contributed by atoms with Gasteiger partial charge in [-0.3, -0.25) is 0 Å². The van der Waals surface area contributed by atoms with Gasteiger partial charge in [0.1, 0.15) is 0 Å². The Labute approximate surface area is 117 Å². The van der Waals surface area contributed by atoms with Crippen LogP contribution in [0.2, 0.25) is 0 Å². The summed E-state index contributed by atoms with van der Waals surface area (Å²) in [4.78, 5) is 0. The molecule has 1 saturated heterocycles. The van der Waals surface area contributed by atoms with Crippen molar-refractivity contribution in [1.82, 2.24) is 9.88 Å². The van der Waals surface area contributed by atoms with Crippen molar-refractivity contribution in [3.63, 3.8) is 0 Å². The number of ether oxygens (including phenoxy) is 1. The Kier molecular flexibility index (Phi) is 4.69. The molecule has 0 aromatic carbocycles. The maximum Gasteiger partial charge on any atom is 0.0762 e. The highest BCUT2D eigenvalue weighted by Gasteiger charge is 2.31. The second kappa shape index (κ2) is 6.10. The van der Waals surface area contributed by atoms with Crippen LogP contribution in [0.15, 0.2) is 18.5 Å². The number of hydrogen-bond donors (Lipinski definition) is 1. The standard InChI is InChI=1S/C16H28N2O/c1-5-6-15(17-4)13-8-10-18(11-13)12-14-7-9-16(2,3)19-14/h8,10-11,14-15,17H,5-7,9,12H2,1-4H3. The predicted octanol–water partition coefficient (Wildman–Crippen LogP) is 3.51. The smallest absolute Gasteiger partial charge is 0.0762 e. The second-order valence-corrected chi connectivity index (χ2v) is 6.31. The van der Waals surface area contributed by atoms with E-state index >= 15 is 0 Å². The minimum atomic E-state index is 0.0658. The molecule has 0 aliphatic carbocycles. The van der Waals surface area contributed by atoms with Gasteiger partial charge in [0.25, 0.3) is 0 Å². The van der Waals surface area contributed by atoms with Crippen molar-refractivity contribution in [3.8, 4) is 0 Å². The summed E-state index contributed by atoms with van der Waals surface area (Å²) in [6.45, 7) is 7.58. The zero-order chi connectivity index (χ0) is 13.9. The van der Waals surface area contributed by atoms with Crippen molar-refractivity contribution in [2.45, 2.75) is 70.7 Å². The van der Waals surface area contributed by atoms with Crippen LogP contribution in [-0.4, -0.2) is 23.3 Å². The fraction of sp³-hybridized carbons (Fsp3) is 0.750. The summed E-state index contributed by atoms with van der Waals surface area (Å²) in [7, 11) is 2.04. The van der Waals surface area contributed by atoms with E-state index in [9.17, 15) is 0 Å². The van der Waals surface area contributed by atoms with Gasteiger partial charge >= 0.3 is 0 Å². The third-order valence-corrected chi connectivity index (χ3v) is 4.07. The van der Waals surface area contributed by atoms with Crippen LogP contribution in [-0.2, 0) is 11.3 Å². The Morgan fingerprint density at radius 2 is 2.32 bits per heavy atom. The third-order valence-electron chi connectivity index (χ3n) is 4.07. The normalized spacial score (nSPS) is 23.7. The first-order valence-electron chi connectivity index (χ1n) is 7.55. The molecule has 3 heteroatoms. The first kappa shape index (κ1) is 14.6. The molecule has 1 aliphatic rings. The summed E-state index contributed by atoms with van der Waals surface area (Å²) in [5.41, 5.74) is 1.46. The van der Waals surface area contributed by atoms with E-state index in [1.165, 1.54) is 31.2 Å². The van der Waals surface area contributed by atoms with Gasteiger partial charge < -0.3 is 14.6 Å². The molecule has 2 unspecified atom stereocenters. The SMILES string of the molecule is CCCC(NC)c1ccn(CC2CCC(C)(C)O2)c1. The Morgan fingerprint density at radius 3 is 2.89 bits per heavy atom. The van der Waals surface area contributed by atoms with Crippen LogP contribution in [0.5, 0.6) is 0 Å². The molecule has 1 aliphatic heterocycles. The molecule has 0 saturated carbocycles. The molecule has 2 atom stereocenters. The topological polar surface area (TPSA) is 26.2 Å². The number of nitrogens with one attached hydrogen (secondary N) is 1. The molecule has 0 radical (unpaired) electrons. The fourth-order valence-corrected chi connectivity index (χ4v) is 2.99. The van der Waals surface area contributed by atoms with Crippen LogP contribution in [0.3, 0.4) is 0 Å². The number of rotatable bonds is 6. The lowest BCUT2D eigenvalue weighted by atomic mass is 10.1. The number of nitrogens with zero attached hydrogens (tertiary/aromatic N) is 1. The van der Waals surface area contributed by atoms with Gasteiger partial charge in [0, 0.05) is 25.0 Å². The molecule has 3 nitrogen and oxygen atoms in total. The zero-order valence-electron chi connectivity index (χ0n) is 12.8. The molecular formula is C16H28N2O. The summed E-state index contributed by atoms with van der Waals surface area (Å²) in [5.74, 6) is 0. The molecule has 0 bridgehead atoms. The van der Waals surface area contributed by atoms with E-state index in [1.54, 1.807) is 0 Å². The molecule has 19 heavy (non-hydrogen) atoms. The largest absolute Gasteiger partial charge is 0.370 e. The average molecular weight is 264 g/mol. The summed E-state index contributed by atoms with van der Waals surface area (Å²) in [5, 5.41) is 3.39. The zero-order valence-corrected chi connectivity index (χ0v) is 12.8. The predicted molar refractivity (Wildman–Crippen MR) is 79.3 cm³/mol. The van der Waals surface area contributed by atoms with Gasteiger partial charge in [0.15, 0.2) is 0 Å². The summed E-state index contributed by atoms with van der Waals surface area (Å²) >= 11 is 0. The molecule has 2 rings (SSSR count). The summed E-state index contributed by atoms with van der Waals surface area (Å²) in [6, 6.07) is 2.71. The quantitative estimate of drug-likeness (QED) is 0.851. The van der Waals surface area contributed by atoms with Gasteiger partial charge in [-0.2, -0.15) is 0 Å². The van der Waals surface area contributed by atoms with Gasteiger partial charge in [-0.05, 0) is 51.8 Å². The van der Waals surface area contributed by atoms with E-state index in [0.29, 0.717) is 12.1 Å². The van der Waals surface area contributed by atoms with Gasteiger partial charge in [0.2, 0.25) is 0 Å². The Morgan fingerprint density at radius 1 is 1.53 bits per heavy atom. The summed E-state index contributed by atoms with van der Waals surface area (Å²) in [6.07, 6.45) is 9.56. The van der Waals surface area contributed by atoms with Crippen molar-refractivity contribution in [2.24, 2.45) is 0 Å². The van der Waals surface area contributed by atoms with Gasteiger partial charge in [-0.15, -0.1) is 0 Å². The van der Waals surface area contributed by atoms with Crippen molar-refractivity contribution >= 4 is 0 Å². The van der Waals surface area contributed by atoms with Crippen LogP contribution in [0.1, 0.15) is 58.1 Å². The first-order valence-corrected chi connectivity index (χ1v) is 7.55. The molecular weight excluding hydrogens is 236 g/mol. The molecule has 1 aromatic rings. The molecule has 0 amide bonds. The van der Waals surface area contributed by atoms with Crippen molar-refractivity contribution in [2.75, 3.05) is 7.05 Å². The Hall–Kier alpha value is -0.800. The monoisotopic (exact) mass is 264 g/mol. The van der Waals surface area contributed by atoms with E-state index in [0.717, 1.165) is 6.54 Å². The van der Waals surface area contributed by atoms with Crippen LogP contribution < -0.4 is 5.32 Å². The highest BCUT2D eigenvalue weighted by Crippen LogP contribution is 2.30. The third kappa shape index (κ3) is 3.83. The van der Waals surface area contributed by atoms with Crippen LogP contribution in [0.4, 0.5) is 0 Å².